The molecule has 6 heteroatoms. The Kier molecular flexibility index (Phi) is 5.10. The predicted molar refractivity (Wildman–Crippen MR) is 72.6 cm³/mol. The van der Waals surface area contributed by atoms with E-state index in [2.05, 4.69) is 0 Å². The van der Waals surface area contributed by atoms with Gasteiger partial charge in [-0.05, 0) is 18.8 Å². The second-order valence-electron chi connectivity index (χ2n) is 5.47. The van der Waals surface area contributed by atoms with Crippen LogP contribution in [-0.4, -0.2) is 35.6 Å². The van der Waals surface area contributed by atoms with E-state index in [4.69, 9.17) is 5.73 Å². The monoisotopic (exact) mass is 288 g/mol. The van der Waals surface area contributed by atoms with Crippen LogP contribution in [0.25, 0.3) is 0 Å². The molecule has 1 unspecified atom stereocenters. The maximum Gasteiger partial charge on any atom is 0.240 e. The maximum absolute atomic E-state index is 12.3. The summed E-state index contributed by atoms with van der Waals surface area (Å²) in [5, 5.41) is 0. The molecule has 2 fully saturated rings. The Labute approximate surface area is 119 Å². The highest BCUT2D eigenvalue weighted by Gasteiger charge is 2.49. The number of nitrogens with two attached hydrogens (primary N) is 1. The number of ketones is 1. The van der Waals surface area contributed by atoms with Gasteiger partial charge in [0.25, 0.3) is 0 Å². The summed E-state index contributed by atoms with van der Waals surface area (Å²) in [6.07, 6.45) is 4.09. The minimum atomic E-state index is -0.863. The number of halogens is 1. The van der Waals surface area contributed by atoms with Gasteiger partial charge < -0.3 is 5.73 Å². The molecule has 2 aliphatic rings. The lowest BCUT2D eigenvalue weighted by molar-refractivity contribution is -0.139. The van der Waals surface area contributed by atoms with E-state index in [-0.39, 0.29) is 30.0 Å². The Hall–Kier alpha value is -0.940. The first-order valence-corrected chi connectivity index (χ1v) is 6.56. The van der Waals surface area contributed by atoms with E-state index >= 15 is 0 Å². The third-order valence-corrected chi connectivity index (χ3v) is 4.36. The number of nitrogens with zero attached hydrogens (tertiary/aromatic N) is 1. The highest BCUT2D eigenvalue weighted by Crippen LogP contribution is 2.32. The van der Waals surface area contributed by atoms with Crippen molar-refractivity contribution >= 4 is 30.0 Å². The lowest BCUT2D eigenvalue weighted by Crippen LogP contribution is -2.44. The highest BCUT2D eigenvalue weighted by atomic mass is 35.5. The first kappa shape index (κ1) is 16.1. The number of rotatable bonds is 3. The Bertz CT molecular complexity index is 393. The van der Waals surface area contributed by atoms with Crippen LogP contribution in [0.2, 0.25) is 0 Å². The van der Waals surface area contributed by atoms with Gasteiger partial charge in [-0.15, -0.1) is 12.4 Å². The van der Waals surface area contributed by atoms with Gasteiger partial charge in [-0.25, -0.2) is 0 Å². The molecule has 0 bridgehead atoms. The molecule has 0 spiro atoms. The van der Waals surface area contributed by atoms with Crippen molar-refractivity contribution in [1.29, 1.82) is 0 Å². The van der Waals surface area contributed by atoms with Crippen LogP contribution in [-0.2, 0) is 14.4 Å². The second-order valence-corrected chi connectivity index (χ2v) is 5.47. The number of Topliss-reactive ketones (excluding diaryl/α,β-unsaturated/α-hetero) is 1. The van der Waals surface area contributed by atoms with Crippen LogP contribution in [0.4, 0.5) is 0 Å². The summed E-state index contributed by atoms with van der Waals surface area (Å²) in [6.45, 7) is 1.63. The van der Waals surface area contributed by atoms with Crippen molar-refractivity contribution in [2.24, 2.45) is 23.5 Å². The number of likely N-dealkylation sites (tertiary alicyclic amines) is 1. The van der Waals surface area contributed by atoms with Gasteiger partial charge in [-0.1, -0.05) is 19.8 Å². The minimum absolute atomic E-state index is 0. The smallest absolute Gasteiger partial charge is 0.240 e. The normalized spacial score (nSPS) is 29.5. The molecular weight excluding hydrogens is 268 g/mol. The molecule has 2 amide bonds. The highest BCUT2D eigenvalue weighted by molar-refractivity contribution is 6.16. The van der Waals surface area contributed by atoms with E-state index in [0.717, 1.165) is 30.6 Å². The number of hydrogen-bond donors (Lipinski definition) is 1. The summed E-state index contributed by atoms with van der Waals surface area (Å²) < 4.78 is 0. The molecule has 0 aromatic carbocycles. The number of carbonyl (C=O) groups is 3. The zero-order chi connectivity index (χ0) is 13.4. The largest absolute Gasteiger partial charge is 0.321 e. The standard InChI is InChI=1S/C13H20N2O3.ClH/c1-7-9(13(18)15(2)12(7)17)11(16)10(14)8-5-3-4-6-8;/h7-10H,3-6,14H2,1-2H3;1H/t7-,9+,10?;/m0./s1. The molecule has 0 radical (unpaired) electrons. The van der Waals surface area contributed by atoms with Crippen molar-refractivity contribution in [3.8, 4) is 0 Å². The van der Waals surface area contributed by atoms with Crippen molar-refractivity contribution in [2.45, 2.75) is 38.6 Å². The molecular formula is C13H21ClN2O3. The molecule has 1 aliphatic heterocycles. The predicted octanol–water partition coefficient (Wildman–Crippen LogP) is 0.746. The van der Waals surface area contributed by atoms with Gasteiger partial charge >= 0.3 is 0 Å². The maximum atomic E-state index is 12.3. The summed E-state index contributed by atoms with van der Waals surface area (Å²) in [6, 6.07) is -0.594. The Morgan fingerprint density at radius 1 is 1.26 bits per heavy atom. The van der Waals surface area contributed by atoms with Gasteiger partial charge in [-0.2, -0.15) is 0 Å². The molecule has 1 saturated carbocycles. The Morgan fingerprint density at radius 3 is 2.21 bits per heavy atom. The summed E-state index contributed by atoms with van der Waals surface area (Å²) in [7, 11) is 1.43. The van der Waals surface area contributed by atoms with Crippen molar-refractivity contribution in [3.05, 3.63) is 0 Å². The zero-order valence-corrected chi connectivity index (χ0v) is 12.1. The number of hydrogen-bond acceptors (Lipinski definition) is 4. The average molecular weight is 289 g/mol. The van der Waals surface area contributed by atoms with E-state index < -0.39 is 23.8 Å². The molecule has 0 aromatic rings. The number of imide groups is 1. The minimum Gasteiger partial charge on any atom is -0.321 e. The summed E-state index contributed by atoms with van der Waals surface area (Å²) in [5.41, 5.74) is 5.99. The van der Waals surface area contributed by atoms with Gasteiger partial charge in [-0.3, -0.25) is 19.3 Å². The van der Waals surface area contributed by atoms with E-state index in [1.807, 2.05) is 0 Å². The molecule has 5 nitrogen and oxygen atoms in total. The van der Waals surface area contributed by atoms with Gasteiger partial charge in [0.2, 0.25) is 11.8 Å². The van der Waals surface area contributed by atoms with Crippen LogP contribution in [0.15, 0.2) is 0 Å². The molecule has 1 saturated heterocycles. The quantitative estimate of drug-likeness (QED) is 0.614. The fourth-order valence-electron chi connectivity index (χ4n) is 3.10. The SMILES string of the molecule is C[C@@H]1C(=O)N(C)C(=O)[C@H]1C(=O)C(N)C1CCCC1.Cl. The third kappa shape index (κ3) is 2.67. The molecule has 108 valence electrons. The van der Waals surface area contributed by atoms with Crippen LogP contribution >= 0.6 is 12.4 Å². The first-order chi connectivity index (χ1) is 8.45. The summed E-state index contributed by atoms with van der Waals surface area (Å²) in [4.78, 5) is 37.0. The van der Waals surface area contributed by atoms with Crippen molar-refractivity contribution in [1.82, 2.24) is 4.90 Å². The lowest BCUT2D eigenvalue weighted by atomic mass is 9.84. The van der Waals surface area contributed by atoms with Crippen LogP contribution < -0.4 is 5.73 Å². The van der Waals surface area contributed by atoms with Crippen LogP contribution in [0.1, 0.15) is 32.6 Å². The van der Waals surface area contributed by atoms with Crippen LogP contribution in [0.5, 0.6) is 0 Å². The van der Waals surface area contributed by atoms with Crippen LogP contribution in [0.3, 0.4) is 0 Å². The molecule has 1 aliphatic carbocycles. The molecule has 3 atom stereocenters. The fourth-order valence-corrected chi connectivity index (χ4v) is 3.10. The summed E-state index contributed by atoms with van der Waals surface area (Å²) >= 11 is 0. The molecule has 2 rings (SSSR count). The topological polar surface area (TPSA) is 80.5 Å². The molecule has 0 aromatic heterocycles. The van der Waals surface area contributed by atoms with Gasteiger partial charge in [0.05, 0.1) is 12.0 Å². The number of carbonyl (C=O) groups excluding carboxylic acids is 3. The van der Waals surface area contributed by atoms with Gasteiger partial charge in [0.1, 0.15) is 5.92 Å². The molecule has 1 heterocycles. The van der Waals surface area contributed by atoms with Crippen molar-refractivity contribution in [3.63, 3.8) is 0 Å². The van der Waals surface area contributed by atoms with E-state index in [9.17, 15) is 14.4 Å². The fraction of sp³-hybridized carbons (Fsp3) is 0.769. The lowest BCUT2D eigenvalue weighted by Gasteiger charge is -2.21. The zero-order valence-electron chi connectivity index (χ0n) is 11.3. The molecule has 19 heavy (non-hydrogen) atoms. The van der Waals surface area contributed by atoms with E-state index in [0.29, 0.717) is 0 Å². The Morgan fingerprint density at radius 2 is 1.79 bits per heavy atom. The van der Waals surface area contributed by atoms with E-state index in [1.54, 1.807) is 6.92 Å². The third-order valence-electron chi connectivity index (χ3n) is 4.36. The van der Waals surface area contributed by atoms with Gasteiger partial charge in [0, 0.05) is 7.05 Å². The van der Waals surface area contributed by atoms with Crippen molar-refractivity contribution < 1.29 is 14.4 Å². The van der Waals surface area contributed by atoms with Crippen molar-refractivity contribution in [2.75, 3.05) is 7.05 Å². The Balaban J connectivity index is 0.00000180. The van der Waals surface area contributed by atoms with Gasteiger partial charge in [0.15, 0.2) is 5.78 Å². The first-order valence-electron chi connectivity index (χ1n) is 6.56. The summed E-state index contributed by atoms with van der Waals surface area (Å²) in [5.74, 6) is -2.18. The second kappa shape index (κ2) is 6.01. The van der Waals surface area contributed by atoms with E-state index in [1.165, 1.54) is 7.05 Å². The molecule has 2 N–H and O–H groups in total. The number of amides is 2. The average Bonchev–Trinajstić information content (AvgIpc) is 2.94. The van der Waals surface area contributed by atoms with Crippen LogP contribution in [0, 0.1) is 17.8 Å².